The van der Waals surface area contributed by atoms with Crippen LogP contribution in [-0.4, -0.2) is 61.8 Å². The molecule has 0 saturated carbocycles. The molecule has 0 atom stereocenters. The summed E-state index contributed by atoms with van der Waals surface area (Å²) in [7, 11) is 0. The fourth-order valence-corrected chi connectivity index (χ4v) is 4.50. The van der Waals surface area contributed by atoms with Crippen molar-refractivity contribution in [3.05, 3.63) is 60.2 Å². The normalized spacial score (nSPS) is 14.9. The van der Waals surface area contributed by atoms with Crippen LogP contribution in [0.3, 0.4) is 0 Å². The number of thiazole rings is 1. The Morgan fingerprint density at radius 1 is 1.19 bits per heavy atom. The lowest BCUT2D eigenvalue weighted by molar-refractivity contribution is -0.114. The molecule has 0 N–H and O–H groups in total. The van der Waals surface area contributed by atoms with Gasteiger partial charge in [-0.05, 0) is 30.7 Å². The smallest absolute Gasteiger partial charge is 0.252 e. The van der Waals surface area contributed by atoms with Gasteiger partial charge in [0, 0.05) is 32.3 Å². The number of rotatable bonds is 8. The lowest BCUT2D eigenvalue weighted by Gasteiger charge is -2.28. The van der Waals surface area contributed by atoms with Crippen LogP contribution in [0.25, 0.3) is 16.3 Å². The molecule has 2 aromatic carbocycles. The van der Waals surface area contributed by atoms with Crippen LogP contribution in [-0.2, 0) is 9.53 Å². The molecule has 31 heavy (non-hydrogen) atoms. The third kappa shape index (κ3) is 5.50. The zero-order valence-electron chi connectivity index (χ0n) is 17.7. The van der Waals surface area contributed by atoms with Crippen molar-refractivity contribution in [1.82, 2.24) is 9.88 Å². The minimum Gasteiger partial charge on any atom is -0.492 e. The standard InChI is InChI=1S/C24H27N3O3S/c1-2-30-20-9-6-10-21-23(20)25-24(31-21)27(14-13-26-15-17-29-18-16-26)22(28)12-11-19-7-4-3-5-8-19/h3-12H,2,13-18H2,1H3/b12-11+. The van der Waals surface area contributed by atoms with Crippen LogP contribution < -0.4 is 9.64 Å². The fourth-order valence-electron chi connectivity index (χ4n) is 3.49. The second-order valence-corrected chi connectivity index (χ2v) is 8.23. The van der Waals surface area contributed by atoms with E-state index in [2.05, 4.69) is 4.90 Å². The van der Waals surface area contributed by atoms with Gasteiger partial charge in [0.2, 0.25) is 0 Å². The number of nitrogens with zero attached hydrogens (tertiary/aromatic N) is 3. The molecule has 162 valence electrons. The molecule has 4 rings (SSSR count). The molecular weight excluding hydrogens is 410 g/mol. The van der Waals surface area contributed by atoms with Gasteiger partial charge in [-0.25, -0.2) is 4.98 Å². The molecule has 1 fully saturated rings. The van der Waals surface area contributed by atoms with Gasteiger partial charge in [0.25, 0.3) is 5.91 Å². The molecule has 1 saturated heterocycles. The number of aromatic nitrogens is 1. The minimum absolute atomic E-state index is 0.0749. The van der Waals surface area contributed by atoms with E-state index in [1.807, 2.05) is 61.5 Å². The van der Waals surface area contributed by atoms with Gasteiger partial charge >= 0.3 is 0 Å². The first-order chi connectivity index (χ1) is 15.2. The quantitative estimate of drug-likeness (QED) is 0.497. The number of fused-ring (bicyclic) bond motifs is 1. The summed E-state index contributed by atoms with van der Waals surface area (Å²) in [6, 6.07) is 15.7. The Labute approximate surface area is 186 Å². The number of anilines is 1. The zero-order chi connectivity index (χ0) is 21.5. The van der Waals surface area contributed by atoms with Gasteiger partial charge in [0.15, 0.2) is 5.13 Å². The summed E-state index contributed by atoms with van der Waals surface area (Å²) in [5.74, 6) is 0.678. The maximum atomic E-state index is 13.2. The van der Waals surface area contributed by atoms with Gasteiger partial charge in [0.1, 0.15) is 11.3 Å². The van der Waals surface area contributed by atoms with Crippen LogP contribution >= 0.6 is 11.3 Å². The van der Waals surface area contributed by atoms with E-state index >= 15 is 0 Å². The van der Waals surface area contributed by atoms with Crippen LogP contribution in [0.4, 0.5) is 5.13 Å². The Morgan fingerprint density at radius 3 is 2.77 bits per heavy atom. The number of hydrogen-bond acceptors (Lipinski definition) is 6. The number of carbonyl (C=O) groups excluding carboxylic acids is 1. The topological polar surface area (TPSA) is 54.9 Å². The summed E-state index contributed by atoms with van der Waals surface area (Å²) in [5.41, 5.74) is 1.80. The molecule has 1 aromatic heterocycles. The first kappa shape index (κ1) is 21.5. The molecule has 0 unspecified atom stereocenters. The Bertz CT molecular complexity index is 1030. The van der Waals surface area contributed by atoms with Crippen molar-refractivity contribution < 1.29 is 14.3 Å². The average molecular weight is 438 g/mol. The number of para-hydroxylation sites is 1. The molecule has 1 amide bonds. The molecule has 3 aromatic rings. The van der Waals surface area contributed by atoms with Crippen molar-refractivity contribution in [3.8, 4) is 5.75 Å². The number of morpholine rings is 1. The second-order valence-electron chi connectivity index (χ2n) is 7.22. The predicted octanol–water partition coefficient (Wildman–Crippen LogP) is 4.07. The predicted molar refractivity (Wildman–Crippen MR) is 126 cm³/mol. The maximum Gasteiger partial charge on any atom is 0.252 e. The lowest BCUT2D eigenvalue weighted by Crippen LogP contribution is -2.42. The van der Waals surface area contributed by atoms with Crippen LogP contribution in [0.2, 0.25) is 0 Å². The largest absolute Gasteiger partial charge is 0.492 e. The van der Waals surface area contributed by atoms with E-state index in [0.29, 0.717) is 18.3 Å². The van der Waals surface area contributed by atoms with Crippen LogP contribution in [0, 0.1) is 0 Å². The van der Waals surface area contributed by atoms with E-state index in [1.54, 1.807) is 11.0 Å². The monoisotopic (exact) mass is 437 g/mol. The molecule has 0 bridgehead atoms. The van der Waals surface area contributed by atoms with E-state index in [0.717, 1.165) is 54.4 Å². The van der Waals surface area contributed by atoms with Crippen molar-refractivity contribution in [1.29, 1.82) is 0 Å². The molecule has 2 heterocycles. The van der Waals surface area contributed by atoms with Gasteiger partial charge in [-0.15, -0.1) is 0 Å². The van der Waals surface area contributed by atoms with Crippen molar-refractivity contribution in [2.45, 2.75) is 6.92 Å². The summed E-state index contributed by atoms with van der Waals surface area (Å²) in [6.07, 6.45) is 3.48. The molecule has 1 aliphatic rings. The number of carbonyl (C=O) groups is 1. The fraction of sp³-hybridized carbons (Fsp3) is 0.333. The van der Waals surface area contributed by atoms with Gasteiger partial charge in [-0.2, -0.15) is 0 Å². The van der Waals surface area contributed by atoms with Gasteiger partial charge < -0.3 is 9.47 Å². The number of ether oxygens (including phenoxy) is 2. The molecule has 7 heteroatoms. The van der Waals surface area contributed by atoms with Crippen molar-refractivity contribution in [3.63, 3.8) is 0 Å². The minimum atomic E-state index is -0.0749. The van der Waals surface area contributed by atoms with Gasteiger partial charge in [0.05, 0.1) is 24.5 Å². The summed E-state index contributed by atoms with van der Waals surface area (Å²) >= 11 is 1.52. The highest BCUT2D eigenvalue weighted by Gasteiger charge is 2.21. The highest BCUT2D eigenvalue weighted by Crippen LogP contribution is 2.34. The molecule has 0 radical (unpaired) electrons. The molecule has 0 aliphatic carbocycles. The van der Waals surface area contributed by atoms with E-state index in [1.165, 1.54) is 11.3 Å². The maximum absolute atomic E-state index is 13.2. The molecule has 6 nitrogen and oxygen atoms in total. The van der Waals surface area contributed by atoms with E-state index in [-0.39, 0.29) is 5.91 Å². The van der Waals surface area contributed by atoms with Crippen LogP contribution in [0.1, 0.15) is 12.5 Å². The third-order valence-electron chi connectivity index (χ3n) is 5.13. The number of hydrogen-bond donors (Lipinski definition) is 0. The molecular formula is C24H27N3O3S. The first-order valence-electron chi connectivity index (χ1n) is 10.6. The molecule has 0 spiro atoms. The van der Waals surface area contributed by atoms with Gasteiger partial charge in [-0.3, -0.25) is 14.6 Å². The van der Waals surface area contributed by atoms with Crippen molar-refractivity contribution in [2.75, 3.05) is 50.9 Å². The van der Waals surface area contributed by atoms with E-state index in [4.69, 9.17) is 14.5 Å². The Morgan fingerprint density at radius 2 is 2.00 bits per heavy atom. The summed E-state index contributed by atoms with van der Waals surface area (Å²) in [5, 5.41) is 0.693. The molecule has 1 aliphatic heterocycles. The van der Waals surface area contributed by atoms with Crippen LogP contribution in [0.5, 0.6) is 5.75 Å². The number of amides is 1. The highest BCUT2D eigenvalue weighted by molar-refractivity contribution is 7.22. The Kier molecular flexibility index (Phi) is 7.30. The Balaban J connectivity index is 1.59. The first-order valence-corrected chi connectivity index (χ1v) is 11.4. The SMILES string of the molecule is CCOc1cccc2sc(N(CCN3CCOCC3)C(=O)/C=C/c3ccccc3)nc12. The van der Waals surface area contributed by atoms with Crippen molar-refractivity contribution >= 4 is 38.7 Å². The highest BCUT2D eigenvalue weighted by atomic mass is 32.1. The average Bonchev–Trinajstić information content (AvgIpc) is 3.24. The summed E-state index contributed by atoms with van der Waals surface area (Å²) in [6.45, 7) is 7.13. The van der Waals surface area contributed by atoms with Crippen LogP contribution in [0.15, 0.2) is 54.6 Å². The number of benzene rings is 2. The zero-order valence-corrected chi connectivity index (χ0v) is 18.5. The second kappa shape index (κ2) is 10.5. The van der Waals surface area contributed by atoms with E-state index in [9.17, 15) is 4.79 Å². The third-order valence-corrected chi connectivity index (χ3v) is 6.17. The van der Waals surface area contributed by atoms with Crippen molar-refractivity contribution in [2.24, 2.45) is 0 Å². The summed E-state index contributed by atoms with van der Waals surface area (Å²) in [4.78, 5) is 22.1. The lowest BCUT2D eigenvalue weighted by atomic mass is 10.2. The summed E-state index contributed by atoms with van der Waals surface area (Å²) < 4.78 is 12.2. The van der Waals surface area contributed by atoms with Gasteiger partial charge in [-0.1, -0.05) is 47.7 Å². The van der Waals surface area contributed by atoms with E-state index < -0.39 is 0 Å². The Hall–Kier alpha value is -2.74.